The molecule has 138 valence electrons. The molecule has 2 aromatic carbocycles. The van der Waals surface area contributed by atoms with E-state index in [4.69, 9.17) is 9.47 Å². The number of carbonyl (C=O) groups is 2. The number of nitrogens with one attached hydrogen (secondary N) is 1. The number of carboxylic acid groups (broad SMARTS) is 1. The molecule has 6 nitrogen and oxygen atoms in total. The molecule has 0 aliphatic heterocycles. The molecule has 0 bridgehead atoms. The van der Waals surface area contributed by atoms with E-state index < -0.39 is 11.9 Å². The van der Waals surface area contributed by atoms with Crippen LogP contribution < -0.4 is 14.8 Å². The average molecular weight is 357 g/mol. The lowest BCUT2D eigenvalue weighted by molar-refractivity contribution is -0.141. The van der Waals surface area contributed by atoms with Gasteiger partial charge in [0.05, 0.1) is 13.0 Å². The highest BCUT2D eigenvalue weighted by Gasteiger charge is 2.20. The number of ether oxygens (including phenoxy) is 2. The molecule has 0 saturated carbocycles. The fourth-order valence-electron chi connectivity index (χ4n) is 2.53. The minimum absolute atomic E-state index is 0.0173. The van der Waals surface area contributed by atoms with Gasteiger partial charge in [-0.15, -0.1) is 0 Å². The van der Waals surface area contributed by atoms with Crippen molar-refractivity contribution in [3.05, 3.63) is 59.7 Å². The zero-order chi connectivity index (χ0) is 18.9. The van der Waals surface area contributed by atoms with Crippen molar-refractivity contribution in [2.45, 2.75) is 13.3 Å². The third-order valence-electron chi connectivity index (χ3n) is 3.91. The number of amides is 1. The van der Waals surface area contributed by atoms with Crippen molar-refractivity contribution >= 4 is 11.9 Å². The second kappa shape index (κ2) is 9.46. The van der Waals surface area contributed by atoms with Crippen LogP contribution in [0.4, 0.5) is 0 Å². The molecule has 0 aliphatic carbocycles. The van der Waals surface area contributed by atoms with Gasteiger partial charge in [-0.1, -0.05) is 30.3 Å². The van der Waals surface area contributed by atoms with E-state index in [-0.39, 0.29) is 25.5 Å². The summed E-state index contributed by atoms with van der Waals surface area (Å²) >= 11 is 0. The quantitative estimate of drug-likeness (QED) is 0.720. The van der Waals surface area contributed by atoms with Gasteiger partial charge in [0.15, 0.2) is 6.61 Å². The fraction of sp³-hybridized carbons (Fsp3) is 0.300. The second-order valence-corrected chi connectivity index (χ2v) is 5.96. The molecule has 26 heavy (non-hydrogen) atoms. The topological polar surface area (TPSA) is 84.9 Å². The molecule has 1 amide bonds. The van der Waals surface area contributed by atoms with E-state index in [2.05, 4.69) is 5.32 Å². The minimum Gasteiger partial charge on any atom is -0.496 e. The zero-order valence-electron chi connectivity index (χ0n) is 14.9. The lowest BCUT2D eigenvalue weighted by Gasteiger charge is -2.15. The predicted molar refractivity (Wildman–Crippen MR) is 97.5 cm³/mol. The number of carboxylic acids is 1. The largest absolute Gasteiger partial charge is 0.496 e. The zero-order valence-corrected chi connectivity index (χ0v) is 14.9. The van der Waals surface area contributed by atoms with Crippen LogP contribution >= 0.6 is 0 Å². The number of hydrogen-bond acceptors (Lipinski definition) is 4. The number of methoxy groups -OCH3 is 1. The third kappa shape index (κ3) is 5.81. The third-order valence-corrected chi connectivity index (χ3v) is 3.91. The maximum atomic E-state index is 12.0. The lowest BCUT2D eigenvalue weighted by Crippen LogP contribution is -2.36. The van der Waals surface area contributed by atoms with Gasteiger partial charge in [-0.25, -0.2) is 0 Å². The number of benzene rings is 2. The van der Waals surface area contributed by atoms with Crippen molar-refractivity contribution in [2.75, 3.05) is 20.3 Å². The standard InChI is InChI=1S/C20H23NO5/c1-14-6-5-8-17(10-14)26-13-19(22)21-12-16(20(23)24)11-15-7-3-4-9-18(15)25-2/h3-10,16H,11-13H2,1-2H3,(H,21,22)(H,23,24). The van der Waals surface area contributed by atoms with Gasteiger partial charge in [-0.05, 0) is 42.7 Å². The van der Waals surface area contributed by atoms with Gasteiger partial charge in [0.25, 0.3) is 5.91 Å². The van der Waals surface area contributed by atoms with E-state index in [0.717, 1.165) is 11.1 Å². The van der Waals surface area contributed by atoms with Crippen molar-refractivity contribution in [3.63, 3.8) is 0 Å². The predicted octanol–water partition coefficient (Wildman–Crippen LogP) is 2.44. The summed E-state index contributed by atoms with van der Waals surface area (Å²) in [6.45, 7) is 1.79. The summed E-state index contributed by atoms with van der Waals surface area (Å²) in [5.41, 5.74) is 1.82. The highest BCUT2D eigenvalue weighted by molar-refractivity contribution is 5.78. The van der Waals surface area contributed by atoms with Gasteiger partial charge in [0.1, 0.15) is 11.5 Å². The molecule has 0 fully saturated rings. The van der Waals surface area contributed by atoms with Crippen LogP contribution in [0.3, 0.4) is 0 Å². The first-order chi connectivity index (χ1) is 12.5. The van der Waals surface area contributed by atoms with Crippen LogP contribution in [0.25, 0.3) is 0 Å². The van der Waals surface area contributed by atoms with Crippen LogP contribution in [0, 0.1) is 12.8 Å². The Morgan fingerprint density at radius 2 is 1.92 bits per heavy atom. The Hall–Kier alpha value is -3.02. The first kappa shape index (κ1) is 19.3. The molecule has 0 aliphatic rings. The maximum Gasteiger partial charge on any atom is 0.308 e. The molecule has 1 unspecified atom stereocenters. The Kier molecular flexibility index (Phi) is 7.02. The van der Waals surface area contributed by atoms with E-state index in [9.17, 15) is 14.7 Å². The SMILES string of the molecule is COc1ccccc1CC(CNC(=O)COc1cccc(C)c1)C(=O)O. The number of aliphatic carboxylic acids is 1. The summed E-state index contributed by atoms with van der Waals surface area (Å²) in [7, 11) is 1.54. The lowest BCUT2D eigenvalue weighted by atomic mass is 9.98. The summed E-state index contributed by atoms with van der Waals surface area (Å²) in [6.07, 6.45) is 0.262. The Labute approximate surface area is 152 Å². The summed E-state index contributed by atoms with van der Waals surface area (Å²) in [5, 5.41) is 12.0. The van der Waals surface area contributed by atoms with E-state index in [1.807, 2.05) is 43.3 Å². The van der Waals surface area contributed by atoms with Crippen LogP contribution in [0.15, 0.2) is 48.5 Å². The van der Waals surface area contributed by atoms with Crippen molar-refractivity contribution in [1.29, 1.82) is 0 Å². The number of carbonyl (C=O) groups excluding carboxylic acids is 1. The van der Waals surface area contributed by atoms with E-state index in [1.165, 1.54) is 0 Å². The van der Waals surface area contributed by atoms with Crippen LogP contribution in [0.2, 0.25) is 0 Å². The van der Waals surface area contributed by atoms with Crippen molar-refractivity contribution in [3.8, 4) is 11.5 Å². The van der Waals surface area contributed by atoms with Crippen molar-refractivity contribution in [2.24, 2.45) is 5.92 Å². The second-order valence-electron chi connectivity index (χ2n) is 5.96. The monoisotopic (exact) mass is 357 g/mol. The first-order valence-electron chi connectivity index (χ1n) is 8.30. The Morgan fingerprint density at radius 3 is 2.62 bits per heavy atom. The van der Waals surface area contributed by atoms with Crippen molar-refractivity contribution < 1.29 is 24.2 Å². The molecule has 2 N–H and O–H groups in total. The van der Waals surface area contributed by atoms with Crippen LogP contribution in [0.1, 0.15) is 11.1 Å². The van der Waals surface area contributed by atoms with Crippen LogP contribution in [-0.2, 0) is 16.0 Å². The van der Waals surface area contributed by atoms with Gasteiger partial charge < -0.3 is 19.9 Å². The van der Waals surface area contributed by atoms with Gasteiger partial charge in [-0.2, -0.15) is 0 Å². The number of aryl methyl sites for hydroxylation is 1. The highest BCUT2D eigenvalue weighted by Crippen LogP contribution is 2.21. The van der Waals surface area contributed by atoms with Gasteiger partial charge in [0, 0.05) is 6.54 Å². The molecule has 0 saturated heterocycles. The Morgan fingerprint density at radius 1 is 1.15 bits per heavy atom. The van der Waals surface area contributed by atoms with E-state index >= 15 is 0 Å². The summed E-state index contributed by atoms with van der Waals surface area (Å²) in [5.74, 6) is -0.861. The number of hydrogen-bond donors (Lipinski definition) is 2. The normalized spacial score (nSPS) is 11.5. The first-order valence-corrected chi connectivity index (χ1v) is 8.30. The molecule has 1 atom stereocenters. The van der Waals surface area contributed by atoms with Gasteiger partial charge >= 0.3 is 5.97 Å². The summed E-state index contributed by atoms with van der Waals surface area (Å²) in [4.78, 5) is 23.5. The molecular formula is C20H23NO5. The smallest absolute Gasteiger partial charge is 0.308 e. The molecule has 0 heterocycles. The average Bonchev–Trinajstić information content (AvgIpc) is 2.63. The Balaban J connectivity index is 1.87. The molecule has 2 rings (SSSR count). The molecule has 0 spiro atoms. The minimum atomic E-state index is -0.976. The summed E-state index contributed by atoms with van der Waals surface area (Å²) in [6, 6.07) is 14.6. The van der Waals surface area contributed by atoms with E-state index in [0.29, 0.717) is 11.5 Å². The van der Waals surface area contributed by atoms with Gasteiger partial charge in [0.2, 0.25) is 0 Å². The van der Waals surface area contributed by atoms with E-state index in [1.54, 1.807) is 19.2 Å². The van der Waals surface area contributed by atoms with Crippen LogP contribution in [-0.4, -0.2) is 37.2 Å². The Bertz CT molecular complexity index is 759. The number of rotatable bonds is 9. The molecule has 2 aromatic rings. The molecule has 0 aromatic heterocycles. The highest BCUT2D eigenvalue weighted by atomic mass is 16.5. The maximum absolute atomic E-state index is 12.0. The van der Waals surface area contributed by atoms with Crippen LogP contribution in [0.5, 0.6) is 11.5 Å². The fourth-order valence-corrected chi connectivity index (χ4v) is 2.53. The summed E-state index contributed by atoms with van der Waals surface area (Å²) < 4.78 is 10.7. The molecular weight excluding hydrogens is 334 g/mol. The number of para-hydroxylation sites is 1. The van der Waals surface area contributed by atoms with Crippen molar-refractivity contribution in [1.82, 2.24) is 5.32 Å². The molecule has 0 radical (unpaired) electrons. The molecule has 6 heteroatoms. The van der Waals surface area contributed by atoms with Gasteiger partial charge in [-0.3, -0.25) is 9.59 Å².